The summed E-state index contributed by atoms with van der Waals surface area (Å²) in [5, 5.41) is 3.58. The Hall–Kier alpha value is -2.04. The van der Waals surface area contributed by atoms with E-state index < -0.39 is 5.82 Å². The lowest BCUT2D eigenvalue weighted by atomic mass is 10.1. The third-order valence-electron chi connectivity index (χ3n) is 2.51. The van der Waals surface area contributed by atoms with Crippen molar-refractivity contribution in [2.75, 3.05) is 12.8 Å². The molecule has 2 rings (SSSR count). The molecule has 0 bridgehead atoms. The molecule has 1 aromatic carbocycles. The zero-order chi connectivity index (χ0) is 12.4. The Kier molecular flexibility index (Phi) is 2.99. The van der Waals surface area contributed by atoms with Crippen LogP contribution in [-0.4, -0.2) is 12.3 Å². The SMILES string of the molecule is CCc1cc(F)c(OC)c(-c2cc(N)no2)c1. The van der Waals surface area contributed by atoms with E-state index in [4.69, 9.17) is 15.0 Å². The number of nitrogens with two attached hydrogens (primary N) is 1. The summed E-state index contributed by atoms with van der Waals surface area (Å²) in [6, 6.07) is 4.79. The molecule has 4 nitrogen and oxygen atoms in total. The monoisotopic (exact) mass is 236 g/mol. The van der Waals surface area contributed by atoms with Crippen molar-refractivity contribution in [3.63, 3.8) is 0 Å². The van der Waals surface area contributed by atoms with Gasteiger partial charge < -0.3 is 15.0 Å². The second-order valence-corrected chi connectivity index (χ2v) is 3.63. The highest BCUT2D eigenvalue weighted by Gasteiger charge is 2.16. The molecule has 1 aromatic heterocycles. The van der Waals surface area contributed by atoms with E-state index in [1.807, 2.05) is 13.0 Å². The van der Waals surface area contributed by atoms with E-state index in [1.165, 1.54) is 19.2 Å². The Balaban J connectivity index is 2.61. The number of aryl methyl sites for hydroxylation is 1. The molecule has 2 N–H and O–H groups in total. The summed E-state index contributed by atoms with van der Waals surface area (Å²) >= 11 is 0. The predicted molar refractivity (Wildman–Crippen MR) is 62.2 cm³/mol. The highest BCUT2D eigenvalue weighted by molar-refractivity contribution is 5.68. The summed E-state index contributed by atoms with van der Waals surface area (Å²) in [4.78, 5) is 0. The van der Waals surface area contributed by atoms with Crippen LogP contribution >= 0.6 is 0 Å². The first-order valence-corrected chi connectivity index (χ1v) is 5.24. The van der Waals surface area contributed by atoms with E-state index >= 15 is 0 Å². The van der Waals surface area contributed by atoms with E-state index in [0.29, 0.717) is 11.3 Å². The molecule has 0 unspecified atom stereocenters. The normalized spacial score (nSPS) is 10.5. The van der Waals surface area contributed by atoms with E-state index in [2.05, 4.69) is 5.16 Å². The largest absolute Gasteiger partial charge is 0.493 e. The number of aromatic nitrogens is 1. The number of methoxy groups -OCH3 is 1. The third-order valence-corrected chi connectivity index (χ3v) is 2.51. The van der Waals surface area contributed by atoms with Gasteiger partial charge in [-0.15, -0.1) is 0 Å². The maximum absolute atomic E-state index is 13.8. The standard InChI is InChI=1S/C12H13FN2O2/c1-3-7-4-8(10-6-11(14)15-17-10)12(16-2)9(13)5-7/h4-6H,3H2,1-2H3,(H2,14,15). The van der Waals surface area contributed by atoms with Gasteiger partial charge in [0.25, 0.3) is 0 Å². The van der Waals surface area contributed by atoms with E-state index in [-0.39, 0.29) is 11.6 Å². The molecule has 1 heterocycles. The first-order chi connectivity index (χ1) is 8.15. The second-order valence-electron chi connectivity index (χ2n) is 3.63. The molecular formula is C12H13FN2O2. The molecule has 0 aliphatic heterocycles. The van der Waals surface area contributed by atoms with Gasteiger partial charge in [0.15, 0.2) is 23.1 Å². The Morgan fingerprint density at radius 3 is 2.71 bits per heavy atom. The van der Waals surface area contributed by atoms with Crippen LogP contribution in [0.15, 0.2) is 22.7 Å². The predicted octanol–water partition coefficient (Wildman–Crippen LogP) is 2.63. The van der Waals surface area contributed by atoms with Crippen LogP contribution in [0.4, 0.5) is 10.2 Å². The summed E-state index contributed by atoms with van der Waals surface area (Å²) in [5.41, 5.74) is 6.85. The number of hydrogen-bond donors (Lipinski definition) is 1. The molecular weight excluding hydrogens is 223 g/mol. The van der Waals surface area contributed by atoms with Crippen LogP contribution in [0.1, 0.15) is 12.5 Å². The number of nitrogen functional groups attached to an aromatic ring is 1. The van der Waals surface area contributed by atoms with Crippen molar-refractivity contribution in [1.29, 1.82) is 0 Å². The molecule has 0 amide bonds. The molecule has 0 saturated carbocycles. The first-order valence-electron chi connectivity index (χ1n) is 5.24. The molecule has 17 heavy (non-hydrogen) atoms. The lowest BCUT2D eigenvalue weighted by Crippen LogP contribution is -1.94. The van der Waals surface area contributed by atoms with Gasteiger partial charge in [0.1, 0.15) is 0 Å². The molecule has 5 heteroatoms. The van der Waals surface area contributed by atoms with Crippen molar-refractivity contribution in [3.05, 3.63) is 29.6 Å². The Morgan fingerprint density at radius 1 is 1.41 bits per heavy atom. The molecule has 0 spiro atoms. The minimum atomic E-state index is -0.420. The van der Waals surface area contributed by atoms with Crippen LogP contribution in [-0.2, 0) is 6.42 Å². The zero-order valence-corrected chi connectivity index (χ0v) is 9.66. The minimum absolute atomic E-state index is 0.137. The zero-order valence-electron chi connectivity index (χ0n) is 9.66. The van der Waals surface area contributed by atoms with Crippen LogP contribution in [0.5, 0.6) is 5.75 Å². The molecule has 0 fully saturated rings. The summed E-state index contributed by atoms with van der Waals surface area (Å²) < 4.78 is 23.8. The van der Waals surface area contributed by atoms with Crippen molar-refractivity contribution in [1.82, 2.24) is 5.16 Å². The average molecular weight is 236 g/mol. The van der Waals surface area contributed by atoms with Gasteiger partial charge in [-0.2, -0.15) is 0 Å². The molecule has 0 radical (unpaired) electrons. The fourth-order valence-corrected chi connectivity index (χ4v) is 1.66. The first kappa shape index (κ1) is 11.4. The summed E-state index contributed by atoms with van der Waals surface area (Å²) in [5.74, 6) is 0.369. The van der Waals surface area contributed by atoms with E-state index in [1.54, 1.807) is 0 Å². The van der Waals surface area contributed by atoms with Crippen molar-refractivity contribution in [2.45, 2.75) is 13.3 Å². The third kappa shape index (κ3) is 2.08. The average Bonchev–Trinajstić information content (AvgIpc) is 2.74. The lowest BCUT2D eigenvalue weighted by Gasteiger charge is -2.09. The number of rotatable bonds is 3. The van der Waals surface area contributed by atoms with Gasteiger partial charge in [0.2, 0.25) is 0 Å². The molecule has 2 aromatic rings. The summed E-state index contributed by atoms with van der Waals surface area (Å²) in [6.07, 6.45) is 0.720. The van der Waals surface area contributed by atoms with E-state index in [0.717, 1.165) is 12.0 Å². The quantitative estimate of drug-likeness (QED) is 0.889. The van der Waals surface area contributed by atoms with Gasteiger partial charge in [-0.1, -0.05) is 12.1 Å². The molecule has 0 aliphatic carbocycles. The lowest BCUT2D eigenvalue weighted by molar-refractivity contribution is 0.382. The number of anilines is 1. The van der Waals surface area contributed by atoms with Crippen molar-refractivity contribution >= 4 is 5.82 Å². The van der Waals surface area contributed by atoms with Gasteiger partial charge in [0, 0.05) is 6.07 Å². The number of ether oxygens (including phenoxy) is 1. The maximum atomic E-state index is 13.8. The molecule has 0 saturated heterocycles. The van der Waals surface area contributed by atoms with Crippen LogP contribution in [0.2, 0.25) is 0 Å². The molecule has 90 valence electrons. The summed E-state index contributed by atoms with van der Waals surface area (Å²) in [6.45, 7) is 1.94. The van der Waals surface area contributed by atoms with Gasteiger partial charge in [0.05, 0.1) is 12.7 Å². The number of halogens is 1. The Labute approximate surface area is 98.2 Å². The van der Waals surface area contributed by atoms with Crippen LogP contribution in [0, 0.1) is 5.82 Å². The van der Waals surface area contributed by atoms with Crippen molar-refractivity contribution < 1.29 is 13.7 Å². The van der Waals surface area contributed by atoms with Gasteiger partial charge in [-0.3, -0.25) is 0 Å². The topological polar surface area (TPSA) is 61.3 Å². The van der Waals surface area contributed by atoms with Gasteiger partial charge in [-0.05, 0) is 24.1 Å². The summed E-state index contributed by atoms with van der Waals surface area (Å²) in [7, 11) is 1.41. The van der Waals surface area contributed by atoms with Crippen LogP contribution in [0.3, 0.4) is 0 Å². The number of hydrogen-bond acceptors (Lipinski definition) is 4. The Morgan fingerprint density at radius 2 is 2.18 bits per heavy atom. The fraction of sp³-hybridized carbons (Fsp3) is 0.250. The highest BCUT2D eigenvalue weighted by atomic mass is 19.1. The molecule has 0 aliphatic rings. The maximum Gasteiger partial charge on any atom is 0.172 e. The van der Waals surface area contributed by atoms with E-state index in [9.17, 15) is 4.39 Å². The Bertz CT molecular complexity index is 537. The molecule has 0 atom stereocenters. The second kappa shape index (κ2) is 4.45. The van der Waals surface area contributed by atoms with Crippen molar-refractivity contribution in [3.8, 4) is 17.1 Å². The van der Waals surface area contributed by atoms with Gasteiger partial charge in [-0.25, -0.2) is 4.39 Å². The van der Waals surface area contributed by atoms with Gasteiger partial charge >= 0.3 is 0 Å². The van der Waals surface area contributed by atoms with Crippen LogP contribution < -0.4 is 10.5 Å². The number of benzene rings is 1. The van der Waals surface area contributed by atoms with Crippen LogP contribution in [0.25, 0.3) is 11.3 Å². The highest BCUT2D eigenvalue weighted by Crippen LogP contribution is 2.34. The fourth-order valence-electron chi connectivity index (χ4n) is 1.66. The smallest absolute Gasteiger partial charge is 0.172 e. The number of nitrogens with zero attached hydrogens (tertiary/aromatic N) is 1. The van der Waals surface area contributed by atoms with Crippen molar-refractivity contribution in [2.24, 2.45) is 0 Å². The minimum Gasteiger partial charge on any atom is -0.493 e.